The van der Waals surface area contributed by atoms with Gasteiger partial charge in [0, 0.05) is 43.8 Å². The van der Waals surface area contributed by atoms with Gasteiger partial charge in [-0.15, -0.1) is 0 Å². The van der Waals surface area contributed by atoms with Gasteiger partial charge in [-0.3, -0.25) is 4.79 Å². The van der Waals surface area contributed by atoms with Gasteiger partial charge in [-0.05, 0) is 80.3 Å². The number of nitrogens with one attached hydrogen (secondary N) is 3. The van der Waals surface area contributed by atoms with Crippen LogP contribution in [0.2, 0.25) is 5.02 Å². The molecule has 2 fully saturated rings. The normalized spacial score (nSPS) is 22.3. The highest BCUT2D eigenvalue weighted by Gasteiger charge is 2.47. The van der Waals surface area contributed by atoms with Crippen molar-refractivity contribution in [3.05, 3.63) is 58.6 Å². The third kappa shape index (κ3) is 12.7. The Morgan fingerprint density at radius 2 is 1.70 bits per heavy atom. The van der Waals surface area contributed by atoms with Gasteiger partial charge in [-0.1, -0.05) is 43.6 Å². The van der Waals surface area contributed by atoms with Crippen molar-refractivity contribution in [1.82, 2.24) is 16.0 Å². The molecular formula is C39H52ClN3O11. The van der Waals surface area contributed by atoms with E-state index in [2.05, 4.69) is 16.0 Å². The van der Waals surface area contributed by atoms with E-state index in [9.17, 15) is 19.2 Å². The van der Waals surface area contributed by atoms with E-state index in [0.29, 0.717) is 61.6 Å². The fourth-order valence-electron chi connectivity index (χ4n) is 6.85. The molecule has 5 atom stereocenters. The molecule has 0 aromatic heterocycles. The van der Waals surface area contributed by atoms with E-state index < -0.39 is 48.3 Å². The summed E-state index contributed by atoms with van der Waals surface area (Å²) >= 11 is 5.96. The summed E-state index contributed by atoms with van der Waals surface area (Å²) < 4.78 is 40.5. The number of ether oxygens (including phenoxy) is 7. The Kier molecular flexibility index (Phi) is 15.1. The molecule has 3 N–H and O–H groups in total. The molecule has 0 radical (unpaired) electrons. The molecule has 54 heavy (non-hydrogen) atoms. The minimum Gasteiger partial charge on any atom is -0.464 e. The number of hydrogen-bond donors (Lipinski definition) is 3. The quantitative estimate of drug-likeness (QED) is 0.136. The van der Waals surface area contributed by atoms with Gasteiger partial charge in [0.1, 0.15) is 18.8 Å². The zero-order valence-electron chi connectivity index (χ0n) is 31.2. The van der Waals surface area contributed by atoms with Crippen molar-refractivity contribution in [3.63, 3.8) is 0 Å². The van der Waals surface area contributed by atoms with Crippen molar-refractivity contribution in [3.8, 4) is 11.5 Å². The molecule has 5 rings (SSSR count). The summed E-state index contributed by atoms with van der Waals surface area (Å²) in [4.78, 5) is 51.2. The Bertz CT molecular complexity index is 1580. The summed E-state index contributed by atoms with van der Waals surface area (Å²) in [5, 5.41) is 9.04. The first kappa shape index (κ1) is 40.9. The van der Waals surface area contributed by atoms with Crippen molar-refractivity contribution in [2.75, 3.05) is 26.6 Å². The van der Waals surface area contributed by atoms with Crippen molar-refractivity contribution in [2.45, 2.75) is 115 Å². The average Bonchev–Trinajstić information content (AvgIpc) is 3.61. The maximum Gasteiger partial charge on any atom is 0.407 e. The van der Waals surface area contributed by atoms with Crippen LogP contribution in [0.15, 0.2) is 42.5 Å². The number of rotatable bonds is 16. The lowest BCUT2D eigenvalue weighted by Crippen LogP contribution is -2.54. The Labute approximate surface area is 321 Å². The molecule has 2 aromatic rings. The molecule has 3 aliphatic rings. The van der Waals surface area contributed by atoms with Gasteiger partial charge in [-0.2, -0.15) is 0 Å². The first-order chi connectivity index (χ1) is 26.0. The summed E-state index contributed by atoms with van der Waals surface area (Å²) in [6, 6.07) is 12.1. The van der Waals surface area contributed by atoms with Crippen molar-refractivity contribution in [1.29, 1.82) is 0 Å². The minimum absolute atomic E-state index is 0.0115. The monoisotopic (exact) mass is 773 g/mol. The molecule has 3 amide bonds. The summed E-state index contributed by atoms with van der Waals surface area (Å²) in [7, 11) is 0. The first-order valence-electron chi connectivity index (χ1n) is 18.8. The highest BCUT2D eigenvalue weighted by Crippen LogP contribution is 2.41. The largest absolute Gasteiger partial charge is 0.464 e. The molecule has 1 spiro atoms. The number of carbonyl (C=O) groups excluding carboxylic acids is 4. The van der Waals surface area contributed by atoms with Crippen molar-refractivity contribution in [2.24, 2.45) is 5.92 Å². The Morgan fingerprint density at radius 1 is 0.944 bits per heavy atom. The summed E-state index contributed by atoms with van der Waals surface area (Å²) in [6.07, 6.45) is 1.20. The summed E-state index contributed by atoms with van der Waals surface area (Å²) in [5.74, 6) is -0.473. The van der Waals surface area contributed by atoms with Crippen LogP contribution in [0.1, 0.15) is 83.3 Å². The van der Waals surface area contributed by atoms with E-state index in [1.54, 1.807) is 31.2 Å². The number of halogens is 1. The smallest absolute Gasteiger partial charge is 0.407 e. The van der Waals surface area contributed by atoms with Gasteiger partial charge in [0.2, 0.25) is 12.7 Å². The average molecular weight is 774 g/mol. The van der Waals surface area contributed by atoms with Gasteiger partial charge in [0.25, 0.3) is 0 Å². The maximum absolute atomic E-state index is 13.1. The minimum atomic E-state index is -1.12. The molecule has 4 unspecified atom stereocenters. The fourth-order valence-corrected chi connectivity index (χ4v) is 6.98. The second-order valence-electron chi connectivity index (χ2n) is 14.2. The lowest BCUT2D eigenvalue weighted by Gasteiger charge is -2.47. The SMILES string of the molecule is CCOC(=O)[C@H](CC(C)C)NC(=O)CCC1CC(OC(=O)NCc2ccc3c(c2)OCO3)CC2(CCCC(COC(=O)NCCc3ccc(Cl)cc3)O2)O1. The van der Waals surface area contributed by atoms with Crippen LogP contribution in [-0.2, 0) is 46.2 Å². The van der Waals surface area contributed by atoms with E-state index in [0.717, 1.165) is 17.5 Å². The summed E-state index contributed by atoms with van der Waals surface area (Å²) in [6.45, 7) is 6.65. The van der Waals surface area contributed by atoms with Crippen LogP contribution in [-0.4, -0.2) is 80.8 Å². The number of amides is 3. The van der Waals surface area contributed by atoms with Crippen LogP contribution in [0.3, 0.4) is 0 Å². The lowest BCUT2D eigenvalue weighted by molar-refractivity contribution is -0.329. The molecule has 3 heterocycles. The number of esters is 1. The topological polar surface area (TPSA) is 169 Å². The Morgan fingerprint density at radius 3 is 2.48 bits per heavy atom. The molecule has 2 saturated heterocycles. The molecule has 296 valence electrons. The first-order valence-corrected chi connectivity index (χ1v) is 19.2. The van der Waals surface area contributed by atoms with Gasteiger partial charge in [0.15, 0.2) is 17.3 Å². The van der Waals surface area contributed by atoms with Crippen LogP contribution in [0.4, 0.5) is 9.59 Å². The Balaban J connectivity index is 1.17. The van der Waals surface area contributed by atoms with Crippen LogP contribution in [0.5, 0.6) is 11.5 Å². The number of hydrogen-bond acceptors (Lipinski definition) is 11. The standard InChI is InChI=1S/C39H52ClN3O11/c1-4-48-36(45)32(18-25(2)3)43-35(44)14-12-29-20-31(52-38(47)42-22-27-9-13-33-34(19-27)51-24-50-33)21-39(53-29)16-5-6-30(54-39)23-49-37(46)41-17-15-26-7-10-28(40)11-8-26/h7-11,13,19,25,29-32H,4-6,12,14-18,20-24H2,1-3H3,(H,41,46)(H,42,47)(H,43,44)/t29?,30?,31?,32-,39?/m0/s1. The zero-order chi connectivity index (χ0) is 38.5. The van der Waals surface area contributed by atoms with Crippen LogP contribution in [0, 0.1) is 5.92 Å². The zero-order valence-corrected chi connectivity index (χ0v) is 32.0. The van der Waals surface area contributed by atoms with Crippen molar-refractivity contribution >= 4 is 35.7 Å². The predicted octanol–water partition coefficient (Wildman–Crippen LogP) is 5.95. The highest BCUT2D eigenvalue weighted by atomic mass is 35.5. The summed E-state index contributed by atoms with van der Waals surface area (Å²) in [5.41, 5.74) is 1.85. The second-order valence-corrected chi connectivity index (χ2v) is 14.7. The van der Waals surface area contributed by atoms with E-state index in [-0.39, 0.29) is 51.2 Å². The number of benzene rings is 2. The van der Waals surface area contributed by atoms with Crippen LogP contribution < -0.4 is 25.4 Å². The maximum atomic E-state index is 13.1. The molecule has 15 heteroatoms. The molecule has 3 aliphatic heterocycles. The highest BCUT2D eigenvalue weighted by molar-refractivity contribution is 6.30. The number of carbonyl (C=O) groups is 4. The van der Waals surface area contributed by atoms with Gasteiger partial charge in [0.05, 0.1) is 18.8 Å². The van der Waals surface area contributed by atoms with Gasteiger partial charge < -0.3 is 49.1 Å². The third-order valence-corrected chi connectivity index (χ3v) is 9.61. The molecule has 2 aromatic carbocycles. The van der Waals surface area contributed by atoms with Crippen LogP contribution >= 0.6 is 11.6 Å². The number of fused-ring (bicyclic) bond motifs is 1. The molecular weight excluding hydrogens is 722 g/mol. The second kappa shape index (κ2) is 19.9. The van der Waals surface area contributed by atoms with E-state index >= 15 is 0 Å². The molecule has 0 aliphatic carbocycles. The van der Waals surface area contributed by atoms with Gasteiger partial charge in [-0.25, -0.2) is 14.4 Å². The van der Waals surface area contributed by atoms with Crippen LogP contribution in [0.25, 0.3) is 0 Å². The van der Waals surface area contributed by atoms with Gasteiger partial charge >= 0.3 is 18.2 Å². The molecule has 14 nitrogen and oxygen atoms in total. The third-order valence-electron chi connectivity index (χ3n) is 9.36. The fraction of sp³-hybridized carbons (Fsp3) is 0.590. The molecule has 0 bridgehead atoms. The van der Waals surface area contributed by atoms with Crippen molar-refractivity contribution < 1.29 is 52.3 Å². The van der Waals surface area contributed by atoms with E-state index in [1.165, 1.54) is 0 Å². The van der Waals surface area contributed by atoms with E-state index in [1.807, 2.05) is 32.0 Å². The Hall–Kier alpha value is -4.27. The molecule has 0 saturated carbocycles. The lowest BCUT2D eigenvalue weighted by atomic mass is 9.90. The van der Waals surface area contributed by atoms with E-state index in [4.69, 9.17) is 44.8 Å². The predicted molar refractivity (Wildman–Crippen MR) is 197 cm³/mol. The number of alkyl carbamates (subject to hydrolysis) is 2.